The number of hydrogen-bond acceptors (Lipinski definition) is 3. The summed E-state index contributed by atoms with van der Waals surface area (Å²) in [4.78, 5) is 8.30. The van der Waals surface area contributed by atoms with E-state index in [4.69, 9.17) is 0 Å². The summed E-state index contributed by atoms with van der Waals surface area (Å²) in [5.74, 6) is 0. The smallest absolute Gasteiger partial charge is 0.171 e. The molecular formula is C17H13N3S. The van der Waals surface area contributed by atoms with E-state index in [9.17, 15) is 5.26 Å². The third-order valence-corrected chi connectivity index (χ3v) is 3.88. The van der Waals surface area contributed by atoms with E-state index < -0.39 is 0 Å². The highest BCUT2D eigenvalue weighted by atomic mass is 32.2. The summed E-state index contributed by atoms with van der Waals surface area (Å²) in [5.41, 5.74) is 4.11. The van der Waals surface area contributed by atoms with Gasteiger partial charge in [-0.25, -0.2) is 4.98 Å². The molecule has 102 valence electrons. The number of para-hydroxylation sites is 2. The maximum atomic E-state index is 9.30. The van der Waals surface area contributed by atoms with Crippen molar-refractivity contribution in [3.05, 3.63) is 64.6 Å². The first-order valence-electron chi connectivity index (χ1n) is 6.56. The molecule has 2 aromatic carbocycles. The molecule has 3 nitrogen and oxygen atoms in total. The first kappa shape index (κ1) is 13.5. The number of aryl methyl sites for hydroxylation is 1. The summed E-state index contributed by atoms with van der Waals surface area (Å²) in [6.07, 6.45) is 1.87. The average molecular weight is 291 g/mol. The molecule has 1 aromatic heterocycles. The van der Waals surface area contributed by atoms with E-state index in [1.54, 1.807) is 0 Å². The number of aromatic nitrogens is 2. The zero-order valence-electron chi connectivity index (χ0n) is 11.5. The minimum atomic E-state index is 0.609. The Morgan fingerprint density at radius 3 is 2.67 bits per heavy atom. The zero-order chi connectivity index (χ0) is 14.7. The van der Waals surface area contributed by atoms with Crippen molar-refractivity contribution in [1.29, 1.82) is 5.26 Å². The third kappa shape index (κ3) is 3.15. The Hall–Kier alpha value is -2.51. The van der Waals surface area contributed by atoms with E-state index in [0.29, 0.717) is 4.91 Å². The first-order chi connectivity index (χ1) is 10.2. The van der Waals surface area contributed by atoms with Crippen LogP contribution >= 0.6 is 11.8 Å². The fourth-order valence-electron chi connectivity index (χ4n) is 1.98. The number of H-pyrrole nitrogens is 1. The Labute approximate surface area is 127 Å². The highest BCUT2D eigenvalue weighted by Crippen LogP contribution is 2.27. The Bertz CT molecular complexity index is 805. The molecule has 0 amide bonds. The van der Waals surface area contributed by atoms with E-state index in [1.165, 1.54) is 17.3 Å². The number of rotatable bonds is 3. The molecule has 0 radical (unpaired) electrons. The van der Waals surface area contributed by atoms with E-state index in [1.807, 2.05) is 61.5 Å². The van der Waals surface area contributed by atoms with Gasteiger partial charge in [0, 0.05) is 0 Å². The van der Waals surface area contributed by atoms with E-state index in [-0.39, 0.29) is 0 Å². The lowest BCUT2D eigenvalue weighted by molar-refractivity contribution is 1.09. The molecule has 0 atom stereocenters. The van der Waals surface area contributed by atoms with Gasteiger partial charge >= 0.3 is 0 Å². The minimum absolute atomic E-state index is 0.609. The molecule has 3 rings (SSSR count). The van der Waals surface area contributed by atoms with Crippen molar-refractivity contribution in [2.24, 2.45) is 0 Å². The van der Waals surface area contributed by atoms with Crippen molar-refractivity contribution in [2.75, 3.05) is 0 Å². The Kier molecular flexibility index (Phi) is 3.76. The number of thioether (sulfide) groups is 1. The van der Waals surface area contributed by atoms with Gasteiger partial charge in [-0.3, -0.25) is 0 Å². The Morgan fingerprint density at radius 2 is 1.95 bits per heavy atom. The lowest BCUT2D eigenvalue weighted by Crippen LogP contribution is -1.79. The first-order valence-corrected chi connectivity index (χ1v) is 7.37. The standard InChI is InChI=1S/C17H13N3S/c1-12-6-8-13(9-7-12)10-14(11-18)21-17-19-15-4-2-3-5-16(15)20-17/h2-10H,1H3,(H,19,20). The van der Waals surface area contributed by atoms with E-state index >= 15 is 0 Å². The van der Waals surface area contributed by atoms with Crippen LogP contribution in [0.1, 0.15) is 11.1 Å². The van der Waals surface area contributed by atoms with Crippen LogP contribution < -0.4 is 0 Å². The molecule has 0 aliphatic carbocycles. The van der Waals surface area contributed by atoms with Crippen LogP contribution in [-0.2, 0) is 0 Å². The number of hydrogen-bond donors (Lipinski definition) is 1. The molecule has 1 heterocycles. The molecule has 0 aliphatic rings. The molecule has 0 fully saturated rings. The summed E-state index contributed by atoms with van der Waals surface area (Å²) in [6, 6.07) is 18.1. The van der Waals surface area contributed by atoms with Gasteiger partial charge < -0.3 is 4.98 Å². The van der Waals surface area contributed by atoms with Crippen LogP contribution in [0.3, 0.4) is 0 Å². The van der Waals surface area contributed by atoms with Crippen LogP contribution in [0.25, 0.3) is 17.1 Å². The maximum absolute atomic E-state index is 9.30. The minimum Gasteiger partial charge on any atom is -0.333 e. The molecule has 1 N–H and O–H groups in total. The second-order valence-corrected chi connectivity index (χ2v) is 5.72. The second-order valence-electron chi connectivity index (χ2n) is 4.69. The van der Waals surface area contributed by atoms with Crippen LogP contribution in [0, 0.1) is 18.3 Å². The number of imidazole rings is 1. The predicted molar refractivity (Wildman–Crippen MR) is 86.7 cm³/mol. The van der Waals surface area contributed by atoms with Gasteiger partial charge in [-0.1, -0.05) is 42.0 Å². The summed E-state index contributed by atoms with van der Waals surface area (Å²) >= 11 is 1.35. The maximum Gasteiger partial charge on any atom is 0.171 e. The van der Waals surface area contributed by atoms with E-state index in [0.717, 1.165) is 21.8 Å². The normalized spacial score (nSPS) is 11.5. The van der Waals surface area contributed by atoms with Crippen molar-refractivity contribution in [3.63, 3.8) is 0 Å². The summed E-state index contributed by atoms with van der Waals surface area (Å²) < 4.78 is 0. The van der Waals surface area contributed by atoms with Crippen molar-refractivity contribution in [2.45, 2.75) is 12.1 Å². The van der Waals surface area contributed by atoms with Gasteiger partial charge in [0.2, 0.25) is 0 Å². The van der Waals surface area contributed by atoms with Crippen LogP contribution in [0.2, 0.25) is 0 Å². The fourth-order valence-corrected chi connectivity index (χ4v) is 2.73. The zero-order valence-corrected chi connectivity index (χ0v) is 12.3. The summed E-state index contributed by atoms with van der Waals surface area (Å²) in [5, 5.41) is 10.0. The average Bonchev–Trinajstić information content (AvgIpc) is 2.91. The lowest BCUT2D eigenvalue weighted by atomic mass is 10.1. The molecule has 0 spiro atoms. The van der Waals surface area contributed by atoms with Crippen LogP contribution in [0.15, 0.2) is 58.6 Å². The highest BCUT2D eigenvalue weighted by Gasteiger charge is 2.06. The Balaban J connectivity index is 1.87. The summed E-state index contributed by atoms with van der Waals surface area (Å²) in [6.45, 7) is 2.04. The number of benzene rings is 2. The molecule has 0 saturated heterocycles. The number of allylic oxidation sites excluding steroid dienone is 1. The third-order valence-electron chi connectivity index (χ3n) is 3.06. The monoisotopic (exact) mass is 291 g/mol. The quantitative estimate of drug-likeness (QED) is 0.570. The predicted octanol–water partition coefficient (Wildman–Crippen LogP) is 4.53. The van der Waals surface area contributed by atoms with Gasteiger partial charge in [0.15, 0.2) is 5.16 Å². The SMILES string of the molecule is Cc1ccc(C=C(C#N)Sc2nc3ccccc3[nH]2)cc1. The van der Waals surface area contributed by atoms with E-state index in [2.05, 4.69) is 16.0 Å². The number of fused-ring (bicyclic) bond motifs is 1. The molecule has 0 aliphatic heterocycles. The van der Waals surface area contributed by atoms with Gasteiger partial charge in [-0.2, -0.15) is 5.26 Å². The van der Waals surface area contributed by atoms with Crippen LogP contribution in [-0.4, -0.2) is 9.97 Å². The topological polar surface area (TPSA) is 52.5 Å². The van der Waals surface area contributed by atoms with Gasteiger partial charge in [0.05, 0.1) is 15.9 Å². The van der Waals surface area contributed by atoms with Gasteiger partial charge in [-0.15, -0.1) is 0 Å². The highest BCUT2D eigenvalue weighted by molar-refractivity contribution is 8.03. The van der Waals surface area contributed by atoms with Crippen molar-refractivity contribution < 1.29 is 0 Å². The summed E-state index contributed by atoms with van der Waals surface area (Å²) in [7, 11) is 0. The van der Waals surface area contributed by atoms with Gasteiger partial charge in [0.25, 0.3) is 0 Å². The molecule has 0 unspecified atom stereocenters. The molecule has 21 heavy (non-hydrogen) atoms. The van der Waals surface area contributed by atoms with Crippen LogP contribution in [0.5, 0.6) is 0 Å². The molecule has 3 aromatic rings. The number of aromatic amines is 1. The second kappa shape index (κ2) is 5.86. The fraction of sp³-hybridized carbons (Fsp3) is 0.0588. The van der Waals surface area contributed by atoms with Crippen molar-refractivity contribution in [3.8, 4) is 6.07 Å². The van der Waals surface area contributed by atoms with Crippen molar-refractivity contribution in [1.82, 2.24) is 9.97 Å². The molecular weight excluding hydrogens is 278 g/mol. The number of nitrogens with zero attached hydrogens (tertiary/aromatic N) is 2. The molecule has 0 bridgehead atoms. The largest absolute Gasteiger partial charge is 0.333 e. The molecule has 4 heteroatoms. The van der Waals surface area contributed by atoms with Crippen LogP contribution in [0.4, 0.5) is 0 Å². The lowest BCUT2D eigenvalue weighted by Gasteiger charge is -1.97. The number of nitrogens with one attached hydrogen (secondary N) is 1. The Morgan fingerprint density at radius 1 is 1.19 bits per heavy atom. The number of nitriles is 1. The van der Waals surface area contributed by atoms with Crippen molar-refractivity contribution >= 4 is 28.9 Å². The molecule has 0 saturated carbocycles. The van der Waals surface area contributed by atoms with Gasteiger partial charge in [-0.05, 0) is 42.5 Å². The van der Waals surface area contributed by atoms with Gasteiger partial charge in [0.1, 0.15) is 6.07 Å².